The van der Waals surface area contributed by atoms with Crippen molar-refractivity contribution >= 4 is 17.7 Å². The van der Waals surface area contributed by atoms with Crippen molar-refractivity contribution in [2.24, 2.45) is 0 Å². The highest BCUT2D eigenvalue weighted by atomic mass is 32.2. The first-order valence-corrected chi connectivity index (χ1v) is 6.63. The fourth-order valence-corrected chi connectivity index (χ4v) is 2.35. The zero-order valence-corrected chi connectivity index (χ0v) is 11.0. The van der Waals surface area contributed by atoms with Gasteiger partial charge in [0.1, 0.15) is 13.2 Å². The molecule has 0 aliphatic carbocycles. The van der Waals surface area contributed by atoms with Gasteiger partial charge in [0.15, 0.2) is 17.6 Å². The van der Waals surface area contributed by atoms with Crippen molar-refractivity contribution in [1.82, 2.24) is 0 Å². The Kier molecular flexibility index (Phi) is 3.98. The third-order valence-electron chi connectivity index (χ3n) is 2.61. The van der Waals surface area contributed by atoms with Gasteiger partial charge in [-0.25, -0.2) is 4.79 Å². The summed E-state index contributed by atoms with van der Waals surface area (Å²) in [5.41, 5.74) is 0.471. The summed E-state index contributed by atoms with van der Waals surface area (Å²) >= 11 is 1.42. The van der Waals surface area contributed by atoms with E-state index in [0.717, 1.165) is 4.90 Å². The molecule has 0 radical (unpaired) electrons. The first kappa shape index (κ1) is 13.0. The van der Waals surface area contributed by atoms with Crippen molar-refractivity contribution in [3.63, 3.8) is 0 Å². The van der Waals surface area contributed by atoms with Crippen LogP contribution < -0.4 is 9.47 Å². The Balaban J connectivity index is 2.42. The summed E-state index contributed by atoms with van der Waals surface area (Å²) in [6.45, 7) is 0.957. The number of esters is 1. The van der Waals surface area contributed by atoms with Gasteiger partial charge in [-0.2, -0.15) is 0 Å². The Morgan fingerprint density at radius 2 is 2.00 bits per heavy atom. The van der Waals surface area contributed by atoms with Crippen LogP contribution in [0, 0.1) is 0 Å². The second-order valence-electron chi connectivity index (χ2n) is 3.66. The third-order valence-corrected chi connectivity index (χ3v) is 3.41. The largest absolute Gasteiger partial charge is 0.486 e. The van der Waals surface area contributed by atoms with Crippen molar-refractivity contribution in [3.05, 3.63) is 17.7 Å². The number of thioether (sulfide) groups is 1. The molecule has 0 aromatic heterocycles. The van der Waals surface area contributed by atoms with Gasteiger partial charge in [-0.1, -0.05) is 0 Å². The number of carbonyl (C=O) groups is 1. The molecule has 1 heterocycles. The Morgan fingerprint density at radius 1 is 1.39 bits per heavy atom. The van der Waals surface area contributed by atoms with Crippen LogP contribution in [0.3, 0.4) is 0 Å². The molecule has 0 spiro atoms. The Morgan fingerprint density at radius 3 is 2.56 bits per heavy atom. The van der Waals surface area contributed by atoms with Gasteiger partial charge in [0.05, 0.1) is 7.11 Å². The van der Waals surface area contributed by atoms with E-state index < -0.39 is 12.1 Å². The van der Waals surface area contributed by atoms with Crippen LogP contribution in [0.1, 0.15) is 11.7 Å². The maximum absolute atomic E-state index is 11.4. The first-order valence-electron chi connectivity index (χ1n) is 5.40. The van der Waals surface area contributed by atoms with E-state index in [1.54, 1.807) is 12.1 Å². The molecule has 5 nitrogen and oxygen atoms in total. The molecule has 1 aliphatic rings. The van der Waals surface area contributed by atoms with E-state index in [-0.39, 0.29) is 0 Å². The highest BCUT2D eigenvalue weighted by Gasteiger charge is 2.24. The SMILES string of the molecule is COC(=O)C(O)c1cc2c(cc1SC)OCCO2. The van der Waals surface area contributed by atoms with E-state index >= 15 is 0 Å². The number of aliphatic hydroxyl groups excluding tert-OH is 1. The third kappa shape index (κ3) is 2.39. The lowest BCUT2D eigenvalue weighted by atomic mass is 10.1. The molecule has 1 atom stereocenters. The minimum atomic E-state index is -1.31. The number of rotatable bonds is 3. The summed E-state index contributed by atoms with van der Waals surface area (Å²) in [6, 6.07) is 3.39. The van der Waals surface area contributed by atoms with Crippen molar-refractivity contribution in [3.8, 4) is 11.5 Å². The van der Waals surface area contributed by atoms with Crippen LogP contribution in [0.5, 0.6) is 11.5 Å². The van der Waals surface area contributed by atoms with E-state index in [0.29, 0.717) is 30.3 Å². The second-order valence-corrected chi connectivity index (χ2v) is 4.51. The summed E-state index contributed by atoms with van der Waals surface area (Å²) in [5.74, 6) is 0.477. The molecule has 1 aromatic rings. The van der Waals surface area contributed by atoms with Crippen LogP contribution in [0.25, 0.3) is 0 Å². The molecular formula is C12H14O5S. The number of ether oxygens (including phenoxy) is 3. The molecule has 0 fully saturated rings. The van der Waals surface area contributed by atoms with Crippen LogP contribution in [0.15, 0.2) is 17.0 Å². The van der Waals surface area contributed by atoms with Crippen LogP contribution in [0.4, 0.5) is 0 Å². The molecule has 1 unspecified atom stereocenters. The lowest BCUT2D eigenvalue weighted by Crippen LogP contribution is -2.18. The summed E-state index contributed by atoms with van der Waals surface area (Å²) in [5, 5.41) is 9.92. The number of hydrogen-bond acceptors (Lipinski definition) is 6. The molecule has 2 rings (SSSR count). The zero-order chi connectivity index (χ0) is 13.1. The van der Waals surface area contributed by atoms with Crippen LogP contribution >= 0.6 is 11.8 Å². The van der Waals surface area contributed by atoms with Crippen molar-refractivity contribution in [2.75, 3.05) is 26.6 Å². The molecule has 18 heavy (non-hydrogen) atoms. The fraction of sp³-hybridized carbons (Fsp3) is 0.417. The van der Waals surface area contributed by atoms with Gasteiger partial charge in [0.25, 0.3) is 0 Å². The minimum absolute atomic E-state index is 0.458. The average molecular weight is 270 g/mol. The maximum Gasteiger partial charge on any atom is 0.339 e. The Labute approximate surface area is 109 Å². The van der Waals surface area contributed by atoms with E-state index in [1.165, 1.54) is 18.9 Å². The van der Waals surface area contributed by atoms with E-state index in [4.69, 9.17) is 9.47 Å². The monoisotopic (exact) mass is 270 g/mol. The van der Waals surface area contributed by atoms with Gasteiger partial charge in [-0.3, -0.25) is 0 Å². The number of methoxy groups -OCH3 is 1. The van der Waals surface area contributed by atoms with Gasteiger partial charge < -0.3 is 19.3 Å². The quantitative estimate of drug-likeness (QED) is 0.661. The lowest BCUT2D eigenvalue weighted by molar-refractivity contribution is -0.150. The van der Waals surface area contributed by atoms with Crippen LogP contribution in [-0.4, -0.2) is 37.7 Å². The minimum Gasteiger partial charge on any atom is -0.486 e. The number of aliphatic hydroxyl groups is 1. The molecule has 1 aliphatic heterocycles. The molecule has 6 heteroatoms. The van der Waals surface area contributed by atoms with Gasteiger partial charge in [0, 0.05) is 10.5 Å². The van der Waals surface area contributed by atoms with Gasteiger partial charge in [0.2, 0.25) is 0 Å². The molecule has 98 valence electrons. The highest BCUT2D eigenvalue weighted by molar-refractivity contribution is 7.98. The highest BCUT2D eigenvalue weighted by Crippen LogP contribution is 2.39. The van der Waals surface area contributed by atoms with E-state index in [1.807, 2.05) is 6.26 Å². The van der Waals surface area contributed by atoms with Crippen LogP contribution in [0.2, 0.25) is 0 Å². The Bertz CT molecular complexity index is 460. The first-order chi connectivity index (χ1) is 8.67. The second kappa shape index (κ2) is 5.49. The lowest BCUT2D eigenvalue weighted by Gasteiger charge is -2.21. The molecule has 0 bridgehead atoms. The average Bonchev–Trinajstić information content (AvgIpc) is 2.44. The van der Waals surface area contributed by atoms with E-state index in [9.17, 15) is 9.90 Å². The molecular weight excluding hydrogens is 256 g/mol. The number of fused-ring (bicyclic) bond motifs is 1. The number of benzene rings is 1. The Hall–Kier alpha value is -1.40. The number of carbonyl (C=O) groups excluding carboxylic acids is 1. The molecule has 0 saturated heterocycles. The van der Waals surface area contributed by atoms with Gasteiger partial charge in [-0.15, -0.1) is 11.8 Å². The predicted molar refractivity (Wildman–Crippen MR) is 66.2 cm³/mol. The normalized spacial score (nSPS) is 15.1. The summed E-state index contributed by atoms with van der Waals surface area (Å²) in [7, 11) is 1.24. The molecule has 0 amide bonds. The summed E-state index contributed by atoms with van der Waals surface area (Å²) < 4.78 is 15.4. The molecule has 1 N–H and O–H groups in total. The van der Waals surface area contributed by atoms with Crippen molar-refractivity contribution in [2.45, 2.75) is 11.0 Å². The smallest absolute Gasteiger partial charge is 0.339 e. The maximum atomic E-state index is 11.4. The number of hydrogen-bond donors (Lipinski definition) is 1. The van der Waals surface area contributed by atoms with Gasteiger partial charge in [-0.05, 0) is 18.4 Å². The zero-order valence-electron chi connectivity index (χ0n) is 10.1. The summed E-state index contributed by atoms with van der Waals surface area (Å²) in [4.78, 5) is 12.2. The summed E-state index contributed by atoms with van der Waals surface area (Å²) in [6.07, 6.45) is 0.548. The topological polar surface area (TPSA) is 65.0 Å². The van der Waals surface area contributed by atoms with Crippen molar-refractivity contribution in [1.29, 1.82) is 0 Å². The predicted octanol–water partition coefficient (Wildman–Crippen LogP) is 1.39. The molecule has 0 saturated carbocycles. The molecule has 1 aromatic carbocycles. The van der Waals surface area contributed by atoms with Gasteiger partial charge >= 0.3 is 5.97 Å². The van der Waals surface area contributed by atoms with Crippen molar-refractivity contribution < 1.29 is 24.1 Å². The van der Waals surface area contributed by atoms with E-state index in [2.05, 4.69) is 4.74 Å². The standard InChI is InChI=1S/C12H14O5S/c1-15-12(14)11(13)7-5-8-9(6-10(7)18-2)17-4-3-16-8/h5-6,11,13H,3-4H2,1-2H3. The fourth-order valence-electron chi connectivity index (χ4n) is 1.71. The van der Waals surface area contributed by atoms with Crippen LogP contribution in [-0.2, 0) is 9.53 Å².